The van der Waals surface area contributed by atoms with Crippen LogP contribution in [-0.4, -0.2) is 53.8 Å². The van der Waals surface area contributed by atoms with Crippen LogP contribution in [0.5, 0.6) is 5.75 Å². The van der Waals surface area contributed by atoms with Crippen molar-refractivity contribution in [1.29, 1.82) is 0 Å². The van der Waals surface area contributed by atoms with Gasteiger partial charge >= 0.3 is 0 Å². The molecule has 1 fully saturated rings. The van der Waals surface area contributed by atoms with E-state index in [1.54, 1.807) is 24.3 Å². The Morgan fingerprint density at radius 1 is 1.00 bits per heavy atom. The van der Waals surface area contributed by atoms with E-state index in [9.17, 15) is 19.1 Å². The Hall–Kier alpha value is -3.97. The first kappa shape index (κ1) is 24.2. The summed E-state index contributed by atoms with van der Waals surface area (Å²) in [5.41, 5.74) is 1.88. The van der Waals surface area contributed by atoms with Crippen LogP contribution in [0.3, 0.4) is 0 Å². The Balaban J connectivity index is 1.73. The molecule has 35 heavy (non-hydrogen) atoms. The quantitative estimate of drug-likeness (QED) is 0.298. The zero-order chi connectivity index (χ0) is 24.9. The summed E-state index contributed by atoms with van der Waals surface area (Å²) in [6, 6.07) is 21.3. The fraction of sp³-hybridized carbons (Fsp3) is 0.214. The number of ether oxygens (including phenoxy) is 1. The number of nitrogens with zero attached hydrogens (tertiary/aromatic N) is 2. The summed E-state index contributed by atoms with van der Waals surface area (Å²) < 4.78 is 19.4. The first-order valence-electron chi connectivity index (χ1n) is 11.3. The highest BCUT2D eigenvalue weighted by Gasteiger charge is 2.46. The van der Waals surface area contributed by atoms with Crippen LogP contribution < -0.4 is 4.74 Å². The van der Waals surface area contributed by atoms with Gasteiger partial charge in [0.1, 0.15) is 23.9 Å². The zero-order valence-electron chi connectivity index (χ0n) is 19.6. The molecule has 1 heterocycles. The fourth-order valence-corrected chi connectivity index (χ4v) is 4.04. The van der Waals surface area contributed by atoms with Crippen molar-refractivity contribution in [1.82, 2.24) is 9.80 Å². The van der Waals surface area contributed by atoms with Gasteiger partial charge in [-0.3, -0.25) is 9.59 Å². The summed E-state index contributed by atoms with van der Waals surface area (Å²) in [4.78, 5) is 29.5. The molecule has 6 nitrogen and oxygen atoms in total. The van der Waals surface area contributed by atoms with Crippen LogP contribution in [-0.2, 0) is 16.2 Å². The van der Waals surface area contributed by atoms with Gasteiger partial charge < -0.3 is 19.6 Å². The molecule has 0 aromatic heterocycles. The minimum absolute atomic E-state index is 0.0272. The summed E-state index contributed by atoms with van der Waals surface area (Å²) in [6.07, 6.45) is 0. The average molecular weight is 475 g/mol. The molecule has 0 bridgehead atoms. The summed E-state index contributed by atoms with van der Waals surface area (Å²) in [7, 11) is 3.75. The van der Waals surface area contributed by atoms with Crippen LogP contribution in [0.15, 0.2) is 84.4 Å². The molecule has 1 unspecified atom stereocenters. The van der Waals surface area contributed by atoms with E-state index in [1.807, 2.05) is 49.3 Å². The van der Waals surface area contributed by atoms with Crippen LogP contribution in [0.4, 0.5) is 4.39 Å². The molecule has 1 N–H and O–H groups in total. The number of ketones is 1. The Kier molecular flexibility index (Phi) is 7.27. The van der Waals surface area contributed by atoms with E-state index < -0.39 is 23.5 Å². The van der Waals surface area contributed by atoms with Gasteiger partial charge in [-0.05, 0) is 61.6 Å². The molecular weight excluding hydrogens is 447 g/mol. The van der Waals surface area contributed by atoms with Crippen molar-refractivity contribution in [2.75, 3.05) is 27.2 Å². The molecule has 3 aromatic rings. The molecule has 1 aliphatic rings. The maximum Gasteiger partial charge on any atom is 0.295 e. The molecule has 0 saturated carbocycles. The number of rotatable bonds is 8. The number of hydrogen-bond donors (Lipinski definition) is 1. The van der Waals surface area contributed by atoms with Gasteiger partial charge in [0.15, 0.2) is 0 Å². The highest BCUT2D eigenvalue weighted by molar-refractivity contribution is 6.46. The monoisotopic (exact) mass is 474 g/mol. The minimum atomic E-state index is -0.805. The molecular formula is C28H27FN2O4. The number of likely N-dealkylation sites (N-methyl/N-ethyl adjacent to an activating group) is 1. The van der Waals surface area contributed by atoms with Crippen LogP contribution in [0.2, 0.25) is 0 Å². The van der Waals surface area contributed by atoms with E-state index in [1.165, 1.54) is 29.2 Å². The third-order valence-electron chi connectivity index (χ3n) is 5.87. The van der Waals surface area contributed by atoms with E-state index in [0.29, 0.717) is 24.5 Å². The molecule has 1 amide bonds. The number of carbonyl (C=O) groups is 2. The zero-order valence-corrected chi connectivity index (χ0v) is 19.6. The van der Waals surface area contributed by atoms with Crippen molar-refractivity contribution in [3.05, 3.63) is 107 Å². The van der Waals surface area contributed by atoms with Crippen molar-refractivity contribution in [2.24, 2.45) is 0 Å². The highest BCUT2D eigenvalue weighted by atomic mass is 19.1. The second kappa shape index (κ2) is 10.5. The summed E-state index contributed by atoms with van der Waals surface area (Å²) in [5.74, 6) is -1.68. The third kappa shape index (κ3) is 5.41. The van der Waals surface area contributed by atoms with Gasteiger partial charge in [-0.1, -0.05) is 42.5 Å². The van der Waals surface area contributed by atoms with Gasteiger partial charge in [0, 0.05) is 18.7 Å². The first-order chi connectivity index (χ1) is 16.8. The van der Waals surface area contributed by atoms with E-state index in [0.717, 1.165) is 5.56 Å². The molecule has 7 heteroatoms. The summed E-state index contributed by atoms with van der Waals surface area (Å²) in [5, 5.41) is 11.1. The van der Waals surface area contributed by atoms with Crippen LogP contribution in [0, 0.1) is 5.82 Å². The fourth-order valence-electron chi connectivity index (χ4n) is 4.04. The number of halogens is 1. The first-order valence-corrected chi connectivity index (χ1v) is 11.3. The predicted molar refractivity (Wildman–Crippen MR) is 131 cm³/mol. The predicted octanol–water partition coefficient (Wildman–Crippen LogP) is 4.39. The largest absolute Gasteiger partial charge is 0.507 e. The Morgan fingerprint density at radius 2 is 1.71 bits per heavy atom. The molecule has 1 atom stereocenters. The lowest BCUT2D eigenvalue weighted by Gasteiger charge is -2.27. The van der Waals surface area contributed by atoms with Gasteiger partial charge in [0.05, 0.1) is 11.6 Å². The molecule has 0 spiro atoms. The minimum Gasteiger partial charge on any atom is -0.507 e. The Bertz CT molecular complexity index is 1240. The van der Waals surface area contributed by atoms with Crippen molar-refractivity contribution in [2.45, 2.75) is 12.6 Å². The van der Waals surface area contributed by atoms with Crippen molar-refractivity contribution in [3.8, 4) is 5.75 Å². The summed E-state index contributed by atoms with van der Waals surface area (Å²) in [6.45, 7) is 1.18. The smallest absolute Gasteiger partial charge is 0.295 e. The lowest BCUT2D eigenvalue weighted by Crippen LogP contribution is -2.35. The molecule has 4 rings (SSSR count). The summed E-state index contributed by atoms with van der Waals surface area (Å²) >= 11 is 0. The topological polar surface area (TPSA) is 70.1 Å². The van der Waals surface area contributed by atoms with Gasteiger partial charge in [-0.2, -0.15) is 0 Å². The number of carbonyl (C=O) groups excluding carboxylic acids is 2. The molecule has 180 valence electrons. The van der Waals surface area contributed by atoms with Gasteiger partial charge in [-0.25, -0.2) is 4.39 Å². The Labute approximate surface area is 203 Å². The van der Waals surface area contributed by atoms with Gasteiger partial charge in [0.2, 0.25) is 0 Å². The number of Topliss-reactive ketones (excluding diaryl/α,β-unsaturated/α-hetero) is 1. The van der Waals surface area contributed by atoms with E-state index >= 15 is 0 Å². The molecule has 1 saturated heterocycles. The second-order valence-corrected chi connectivity index (χ2v) is 8.65. The molecule has 0 radical (unpaired) electrons. The number of aliphatic hydroxyl groups is 1. The average Bonchev–Trinajstić information content (AvgIpc) is 3.12. The molecule has 3 aromatic carbocycles. The van der Waals surface area contributed by atoms with Crippen LogP contribution in [0.1, 0.15) is 22.7 Å². The number of hydrogen-bond acceptors (Lipinski definition) is 5. The Morgan fingerprint density at radius 3 is 2.40 bits per heavy atom. The number of amides is 1. The maximum atomic E-state index is 13.4. The number of benzene rings is 3. The van der Waals surface area contributed by atoms with Crippen molar-refractivity contribution < 1.29 is 23.8 Å². The van der Waals surface area contributed by atoms with Gasteiger partial charge in [0.25, 0.3) is 11.7 Å². The normalized spacial score (nSPS) is 17.3. The number of likely N-dealkylation sites (tertiary alicyclic amines) is 1. The van der Waals surface area contributed by atoms with E-state index in [-0.39, 0.29) is 23.4 Å². The van der Waals surface area contributed by atoms with E-state index in [4.69, 9.17) is 4.74 Å². The number of aliphatic hydroxyl groups excluding tert-OH is 1. The van der Waals surface area contributed by atoms with Crippen molar-refractivity contribution in [3.63, 3.8) is 0 Å². The second-order valence-electron chi connectivity index (χ2n) is 8.65. The van der Waals surface area contributed by atoms with E-state index in [2.05, 4.69) is 0 Å². The standard InChI is InChI=1S/C28H27FN2O4/c1-30(2)15-16-31-25(21-9-6-10-23(17-21)35-18-19-7-4-3-5-8-19)24(27(33)28(31)34)26(32)20-11-13-22(29)14-12-20/h3-14,17,25,32H,15-16,18H2,1-2H3/b26-24-. The highest BCUT2D eigenvalue weighted by Crippen LogP contribution is 2.40. The molecule has 1 aliphatic heterocycles. The molecule has 0 aliphatic carbocycles. The third-order valence-corrected chi connectivity index (χ3v) is 5.87. The van der Waals surface area contributed by atoms with Crippen molar-refractivity contribution >= 4 is 17.4 Å². The lowest BCUT2D eigenvalue weighted by atomic mass is 9.95. The lowest BCUT2D eigenvalue weighted by molar-refractivity contribution is -0.140. The van der Waals surface area contributed by atoms with Gasteiger partial charge in [-0.15, -0.1) is 0 Å². The maximum absolute atomic E-state index is 13.4. The SMILES string of the molecule is CN(C)CCN1C(=O)C(=O)/C(=C(\O)c2ccc(F)cc2)C1c1cccc(OCc2ccccc2)c1. The van der Waals surface area contributed by atoms with Crippen LogP contribution in [0.25, 0.3) is 5.76 Å². The van der Waals surface area contributed by atoms with Crippen LogP contribution >= 0.6 is 0 Å².